The molecule has 10 heteroatoms. The number of amides is 1. The number of hydrogen-bond donors (Lipinski definition) is 1. The zero-order chi connectivity index (χ0) is 23.3. The van der Waals surface area contributed by atoms with Crippen LogP contribution in [-0.4, -0.2) is 40.9 Å². The first-order valence-electron chi connectivity index (χ1n) is 9.80. The first kappa shape index (κ1) is 22.9. The number of nitrogens with one attached hydrogen (secondary N) is 1. The van der Waals surface area contributed by atoms with Crippen LogP contribution in [0.3, 0.4) is 0 Å². The van der Waals surface area contributed by atoms with E-state index in [4.69, 9.17) is 9.47 Å². The molecule has 2 aromatic carbocycles. The Morgan fingerprint density at radius 2 is 1.91 bits per heavy atom. The Kier molecular flexibility index (Phi) is 7.16. The van der Waals surface area contributed by atoms with Crippen LogP contribution in [0.2, 0.25) is 0 Å². The molecule has 0 aliphatic rings. The number of halogens is 1. The van der Waals surface area contributed by atoms with Gasteiger partial charge in [0.25, 0.3) is 5.91 Å². The topological polar surface area (TPSA) is 109 Å². The van der Waals surface area contributed by atoms with Crippen molar-refractivity contribution < 1.29 is 23.6 Å². The van der Waals surface area contributed by atoms with Crippen molar-refractivity contribution in [2.45, 2.75) is 20.4 Å². The van der Waals surface area contributed by atoms with Gasteiger partial charge in [0.15, 0.2) is 11.6 Å². The van der Waals surface area contributed by atoms with Crippen molar-refractivity contribution in [2.24, 2.45) is 0 Å². The number of nitrogens with zero attached hydrogens (tertiary/aromatic N) is 3. The van der Waals surface area contributed by atoms with E-state index in [1.165, 1.54) is 19.2 Å². The molecule has 3 aromatic rings. The van der Waals surface area contributed by atoms with Gasteiger partial charge in [-0.1, -0.05) is 12.1 Å². The van der Waals surface area contributed by atoms with Crippen molar-refractivity contribution in [3.8, 4) is 5.75 Å². The molecule has 0 atom stereocenters. The number of nitro groups is 1. The molecule has 0 saturated heterocycles. The summed E-state index contributed by atoms with van der Waals surface area (Å²) in [6.07, 6.45) is 0. The van der Waals surface area contributed by atoms with Gasteiger partial charge in [-0.25, -0.2) is 4.39 Å². The van der Waals surface area contributed by atoms with E-state index < -0.39 is 16.6 Å². The molecule has 3 rings (SSSR count). The molecule has 9 nitrogen and oxygen atoms in total. The molecule has 0 spiro atoms. The lowest BCUT2D eigenvalue weighted by Crippen LogP contribution is -2.12. The predicted molar refractivity (Wildman–Crippen MR) is 116 cm³/mol. The highest BCUT2D eigenvalue weighted by atomic mass is 19.1. The van der Waals surface area contributed by atoms with Crippen molar-refractivity contribution in [3.63, 3.8) is 0 Å². The maximum absolute atomic E-state index is 14.1. The van der Waals surface area contributed by atoms with Crippen LogP contribution in [0, 0.1) is 29.8 Å². The normalized spacial score (nSPS) is 10.8. The van der Waals surface area contributed by atoms with E-state index in [9.17, 15) is 19.3 Å². The van der Waals surface area contributed by atoms with Crippen LogP contribution in [0.15, 0.2) is 42.5 Å². The van der Waals surface area contributed by atoms with Crippen molar-refractivity contribution in [1.29, 1.82) is 0 Å². The Labute approximate surface area is 183 Å². The van der Waals surface area contributed by atoms with Crippen molar-refractivity contribution in [3.05, 3.63) is 80.9 Å². The number of aryl methyl sites for hydroxylation is 1. The Bertz CT molecular complexity index is 1130. The molecule has 1 aromatic heterocycles. The number of hydrogen-bond acceptors (Lipinski definition) is 6. The summed E-state index contributed by atoms with van der Waals surface area (Å²) in [7, 11) is 1.52. The molecule has 1 N–H and O–H groups in total. The number of ether oxygens (including phenoxy) is 2. The molecule has 0 aliphatic heterocycles. The van der Waals surface area contributed by atoms with Gasteiger partial charge in [-0.3, -0.25) is 19.6 Å². The third-order valence-electron chi connectivity index (χ3n) is 4.81. The van der Waals surface area contributed by atoms with Crippen LogP contribution in [0.25, 0.3) is 0 Å². The highest BCUT2D eigenvalue weighted by Gasteiger charge is 2.21. The maximum atomic E-state index is 14.1. The van der Waals surface area contributed by atoms with E-state index >= 15 is 0 Å². The SMILES string of the molecule is COCCOc1ccc(NC(=O)c2ccc(Cn3nc(C)c([N+](=O)[O-])c3C)cc2)cc1F. The summed E-state index contributed by atoms with van der Waals surface area (Å²) in [6.45, 7) is 4.13. The molecule has 0 aliphatic carbocycles. The lowest BCUT2D eigenvalue weighted by atomic mass is 10.1. The largest absolute Gasteiger partial charge is 0.488 e. The molecule has 0 bridgehead atoms. The van der Waals surface area contributed by atoms with Gasteiger partial charge in [0.2, 0.25) is 0 Å². The Morgan fingerprint density at radius 1 is 1.19 bits per heavy atom. The third-order valence-corrected chi connectivity index (χ3v) is 4.81. The van der Waals surface area contributed by atoms with E-state index in [0.717, 1.165) is 5.56 Å². The summed E-state index contributed by atoms with van der Waals surface area (Å²) in [4.78, 5) is 23.2. The van der Waals surface area contributed by atoms with Crippen LogP contribution in [0.4, 0.5) is 15.8 Å². The van der Waals surface area contributed by atoms with Gasteiger partial charge in [-0.05, 0) is 43.7 Å². The van der Waals surface area contributed by atoms with Crippen LogP contribution in [-0.2, 0) is 11.3 Å². The second kappa shape index (κ2) is 10.0. The highest BCUT2D eigenvalue weighted by molar-refractivity contribution is 6.04. The Hall–Kier alpha value is -3.79. The molecule has 1 heterocycles. The summed E-state index contributed by atoms with van der Waals surface area (Å²) < 4.78 is 25.8. The Balaban J connectivity index is 1.65. The van der Waals surface area contributed by atoms with E-state index in [2.05, 4.69) is 10.4 Å². The molecule has 0 radical (unpaired) electrons. The molecular formula is C22H23FN4O5. The quantitative estimate of drug-likeness (QED) is 0.306. The fourth-order valence-corrected chi connectivity index (χ4v) is 3.17. The molecule has 32 heavy (non-hydrogen) atoms. The second-order valence-electron chi connectivity index (χ2n) is 7.07. The summed E-state index contributed by atoms with van der Waals surface area (Å²) in [5, 5.41) is 18.0. The monoisotopic (exact) mass is 442 g/mol. The summed E-state index contributed by atoms with van der Waals surface area (Å²) in [6, 6.07) is 10.9. The minimum Gasteiger partial charge on any atom is -0.488 e. The fraction of sp³-hybridized carbons (Fsp3) is 0.273. The highest BCUT2D eigenvalue weighted by Crippen LogP contribution is 2.23. The first-order valence-corrected chi connectivity index (χ1v) is 9.80. The van der Waals surface area contributed by atoms with Gasteiger partial charge < -0.3 is 14.8 Å². The predicted octanol–water partition coefficient (Wildman–Crippen LogP) is 3.87. The molecule has 0 saturated carbocycles. The fourth-order valence-electron chi connectivity index (χ4n) is 3.17. The zero-order valence-electron chi connectivity index (χ0n) is 17.9. The smallest absolute Gasteiger partial charge is 0.312 e. The average Bonchev–Trinajstić information content (AvgIpc) is 3.03. The van der Waals surface area contributed by atoms with Crippen LogP contribution in [0.1, 0.15) is 27.3 Å². The molecule has 168 valence electrons. The summed E-state index contributed by atoms with van der Waals surface area (Å²) >= 11 is 0. The van der Waals surface area contributed by atoms with Gasteiger partial charge in [-0.15, -0.1) is 0 Å². The van der Waals surface area contributed by atoms with Gasteiger partial charge in [0, 0.05) is 24.4 Å². The second-order valence-corrected chi connectivity index (χ2v) is 7.07. The summed E-state index contributed by atoms with van der Waals surface area (Å²) in [5.41, 5.74) is 2.32. The van der Waals surface area contributed by atoms with E-state index in [0.29, 0.717) is 35.8 Å². The Morgan fingerprint density at radius 3 is 2.50 bits per heavy atom. The van der Waals surface area contributed by atoms with Crippen LogP contribution in [0.5, 0.6) is 5.75 Å². The van der Waals surface area contributed by atoms with Crippen molar-refractivity contribution in [2.75, 3.05) is 25.6 Å². The van der Waals surface area contributed by atoms with E-state index in [-0.39, 0.29) is 18.0 Å². The van der Waals surface area contributed by atoms with Gasteiger partial charge in [0.1, 0.15) is 18.0 Å². The minimum absolute atomic E-state index is 0.00310. The number of carbonyl (C=O) groups is 1. The molecule has 0 fully saturated rings. The van der Waals surface area contributed by atoms with E-state index in [1.807, 2.05) is 0 Å². The van der Waals surface area contributed by atoms with E-state index in [1.54, 1.807) is 48.9 Å². The molecule has 0 unspecified atom stereocenters. The van der Waals surface area contributed by atoms with Crippen LogP contribution < -0.4 is 10.1 Å². The number of aromatic nitrogens is 2. The minimum atomic E-state index is -0.590. The molecule has 1 amide bonds. The number of methoxy groups -OCH3 is 1. The zero-order valence-corrected chi connectivity index (χ0v) is 17.9. The number of anilines is 1. The van der Waals surface area contributed by atoms with Gasteiger partial charge >= 0.3 is 5.69 Å². The van der Waals surface area contributed by atoms with Gasteiger partial charge in [-0.2, -0.15) is 5.10 Å². The standard InChI is InChI=1S/C22H23FN4O5/c1-14-21(27(29)30)15(2)26(25-14)13-16-4-6-17(7-5-16)22(28)24-18-8-9-20(19(23)12-18)32-11-10-31-3/h4-9,12H,10-11,13H2,1-3H3,(H,24,28). The maximum Gasteiger partial charge on any atom is 0.312 e. The lowest BCUT2D eigenvalue weighted by Gasteiger charge is -2.10. The van der Waals surface area contributed by atoms with Crippen molar-refractivity contribution >= 4 is 17.3 Å². The molecular weight excluding hydrogens is 419 g/mol. The summed E-state index contributed by atoms with van der Waals surface area (Å²) in [5.74, 6) is -0.909. The van der Waals surface area contributed by atoms with Gasteiger partial charge in [0.05, 0.1) is 18.1 Å². The first-order chi connectivity index (χ1) is 15.3. The lowest BCUT2D eigenvalue weighted by molar-refractivity contribution is -0.386. The average molecular weight is 442 g/mol. The number of benzene rings is 2. The van der Waals surface area contributed by atoms with Crippen molar-refractivity contribution in [1.82, 2.24) is 9.78 Å². The number of rotatable bonds is 9. The third kappa shape index (κ3) is 5.27. The number of carbonyl (C=O) groups excluding carboxylic acids is 1. The van der Waals surface area contributed by atoms with Crippen LogP contribution >= 0.6 is 0 Å².